The molecule has 0 spiro atoms. The fourth-order valence-electron chi connectivity index (χ4n) is 3.90. The van der Waals surface area contributed by atoms with Crippen molar-refractivity contribution in [3.05, 3.63) is 64.7 Å². The third kappa shape index (κ3) is 4.14. The predicted molar refractivity (Wildman–Crippen MR) is 113 cm³/mol. The summed E-state index contributed by atoms with van der Waals surface area (Å²) in [6, 6.07) is 8.26. The number of hydrogen-bond acceptors (Lipinski definition) is 3. The summed E-state index contributed by atoms with van der Waals surface area (Å²) in [5, 5.41) is 1.20. The quantitative estimate of drug-likeness (QED) is 0.636. The minimum Gasteiger partial charge on any atom is -0.336 e. The van der Waals surface area contributed by atoms with E-state index in [9.17, 15) is 9.18 Å². The molecule has 3 heterocycles. The Kier molecular flexibility index (Phi) is 5.83. The van der Waals surface area contributed by atoms with Crippen LogP contribution in [0.4, 0.5) is 4.39 Å². The van der Waals surface area contributed by atoms with Crippen LogP contribution in [0.5, 0.6) is 0 Å². The van der Waals surface area contributed by atoms with E-state index >= 15 is 0 Å². The van der Waals surface area contributed by atoms with E-state index in [2.05, 4.69) is 33.6 Å². The Balaban J connectivity index is 1.35. The Morgan fingerprint density at radius 1 is 1.21 bits per heavy atom. The van der Waals surface area contributed by atoms with E-state index < -0.39 is 5.82 Å². The van der Waals surface area contributed by atoms with E-state index in [1.54, 1.807) is 0 Å². The van der Waals surface area contributed by atoms with Gasteiger partial charge in [0.1, 0.15) is 11.5 Å². The van der Waals surface area contributed by atoms with E-state index in [0.29, 0.717) is 18.7 Å². The van der Waals surface area contributed by atoms with Gasteiger partial charge in [0.05, 0.1) is 5.02 Å². The number of fused-ring (bicyclic) bond motifs is 1. The number of piperazine rings is 1. The summed E-state index contributed by atoms with van der Waals surface area (Å²) in [7, 11) is 0. The number of aromatic nitrogens is 2. The Hall–Kier alpha value is -2.44. The van der Waals surface area contributed by atoms with Crippen LogP contribution in [-0.4, -0.2) is 58.0 Å². The van der Waals surface area contributed by atoms with E-state index in [4.69, 9.17) is 11.6 Å². The highest BCUT2D eigenvalue weighted by Gasteiger charge is 2.23. The molecule has 0 bridgehead atoms. The summed E-state index contributed by atoms with van der Waals surface area (Å²) in [4.78, 5) is 21.4. The molecule has 1 aliphatic heterocycles. The van der Waals surface area contributed by atoms with Gasteiger partial charge in [-0.05, 0) is 49.2 Å². The predicted octanol–water partition coefficient (Wildman–Crippen LogP) is 3.85. The van der Waals surface area contributed by atoms with Crippen molar-refractivity contribution < 1.29 is 9.18 Å². The zero-order valence-electron chi connectivity index (χ0n) is 16.4. The van der Waals surface area contributed by atoms with E-state index in [-0.39, 0.29) is 10.9 Å². The zero-order valence-corrected chi connectivity index (χ0v) is 17.2. The lowest BCUT2D eigenvalue weighted by Crippen LogP contribution is -2.49. The van der Waals surface area contributed by atoms with Gasteiger partial charge in [-0.15, -0.1) is 0 Å². The first-order valence-electron chi connectivity index (χ1n) is 9.96. The molecule has 0 unspecified atom stereocenters. The lowest BCUT2D eigenvalue weighted by atomic mass is 10.1. The second-order valence-corrected chi connectivity index (χ2v) is 7.73. The number of halogens is 2. The molecule has 0 atom stereocenters. The van der Waals surface area contributed by atoms with Crippen molar-refractivity contribution >= 4 is 28.5 Å². The van der Waals surface area contributed by atoms with E-state index in [1.165, 1.54) is 29.1 Å². The number of carbonyl (C=O) groups is 1. The Morgan fingerprint density at radius 2 is 2.00 bits per heavy atom. The number of carbonyl (C=O) groups excluding carboxylic acids is 1. The number of rotatable bonds is 5. The molecular formula is C22H24ClFN4O. The summed E-state index contributed by atoms with van der Waals surface area (Å²) in [6.45, 7) is 6.95. The van der Waals surface area contributed by atoms with Gasteiger partial charge >= 0.3 is 0 Å². The van der Waals surface area contributed by atoms with Crippen molar-refractivity contribution in [3.63, 3.8) is 0 Å². The highest BCUT2D eigenvalue weighted by molar-refractivity contribution is 6.31. The van der Waals surface area contributed by atoms with Crippen molar-refractivity contribution in [2.45, 2.75) is 19.9 Å². The van der Waals surface area contributed by atoms with E-state index in [0.717, 1.165) is 38.2 Å². The van der Waals surface area contributed by atoms with Crippen molar-refractivity contribution in [2.24, 2.45) is 0 Å². The second kappa shape index (κ2) is 8.51. The highest BCUT2D eigenvalue weighted by Crippen LogP contribution is 2.21. The molecule has 1 amide bonds. The molecule has 0 radical (unpaired) electrons. The van der Waals surface area contributed by atoms with Crippen molar-refractivity contribution in [1.29, 1.82) is 0 Å². The summed E-state index contributed by atoms with van der Waals surface area (Å²) in [5.41, 5.74) is 2.79. The Bertz CT molecular complexity index is 1030. The molecule has 7 heteroatoms. The van der Waals surface area contributed by atoms with Crippen molar-refractivity contribution in [2.75, 3.05) is 32.7 Å². The van der Waals surface area contributed by atoms with Gasteiger partial charge in [0.2, 0.25) is 0 Å². The topological polar surface area (TPSA) is 41.4 Å². The maximum atomic E-state index is 13.3. The molecule has 152 valence electrons. The minimum atomic E-state index is -0.507. The fourth-order valence-corrected chi connectivity index (χ4v) is 4.08. The largest absolute Gasteiger partial charge is 0.336 e. The molecular weight excluding hydrogens is 391 g/mol. The van der Waals surface area contributed by atoms with Gasteiger partial charge in [0, 0.05) is 62.6 Å². The summed E-state index contributed by atoms with van der Waals surface area (Å²) in [5.74, 6) is -0.601. The van der Waals surface area contributed by atoms with Crippen LogP contribution < -0.4 is 0 Å². The maximum Gasteiger partial charge on any atom is 0.253 e. The third-order valence-electron chi connectivity index (χ3n) is 5.58. The molecule has 3 aromatic rings. The lowest BCUT2D eigenvalue weighted by Gasteiger charge is -2.34. The number of amides is 1. The molecule has 4 rings (SSSR count). The smallest absolute Gasteiger partial charge is 0.253 e. The number of hydrogen-bond donors (Lipinski definition) is 0. The molecule has 1 saturated heterocycles. The van der Waals surface area contributed by atoms with Gasteiger partial charge in [-0.3, -0.25) is 9.69 Å². The van der Waals surface area contributed by atoms with Gasteiger partial charge in [0.15, 0.2) is 0 Å². The van der Waals surface area contributed by atoms with Crippen LogP contribution in [0.1, 0.15) is 22.8 Å². The van der Waals surface area contributed by atoms with Crippen LogP contribution in [0.3, 0.4) is 0 Å². The maximum absolute atomic E-state index is 13.3. The van der Waals surface area contributed by atoms with Crippen molar-refractivity contribution in [1.82, 2.24) is 19.4 Å². The summed E-state index contributed by atoms with van der Waals surface area (Å²) >= 11 is 5.81. The first-order chi connectivity index (χ1) is 14.1. The lowest BCUT2D eigenvalue weighted by molar-refractivity contribution is 0.0638. The first kappa shape index (κ1) is 19.9. The number of aryl methyl sites for hydroxylation is 1. The molecule has 1 aromatic carbocycles. The van der Waals surface area contributed by atoms with Gasteiger partial charge < -0.3 is 9.47 Å². The summed E-state index contributed by atoms with van der Waals surface area (Å²) in [6.07, 6.45) is 5.00. The molecule has 0 aliphatic carbocycles. The van der Waals surface area contributed by atoms with Crippen LogP contribution in [0.2, 0.25) is 5.02 Å². The van der Waals surface area contributed by atoms with Crippen LogP contribution in [0.15, 0.2) is 42.7 Å². The Morgan fingerprint density at radius 3 is 2.72 bits per heavy atom. The number of pyridine rings is 1. The zero-order chi connectivity index (χ0) is 20.4. The SMILES string of the molecule is CCn1cc(CCN2CCN(C(=O)c3ccc(F)c(Cl)c3)CC2)c2cccnc21. The van der Waals surface area contributed by atoms with Gasteiger partial charge in [-0.1, -0.05) is 11.6 Å². The number of benzene rings is 1. The van der Waals surface area contributed by atoms with Crippen LogP contribution in [0, 0.1) is 5.82 Å². The fraction of sp³-hybridized carbons (Fsp3) is 0.364. The molecule has 0 saturated carbocycles. The number of nitrogens with zero attached hydrogens (tertiary/aromatic N) is 4. The second-order valence-electron chi connectivity index (χ2n) is 7.33. The van der Waals surface area contributed by atoms with Crippen LogP contribution in [0.25, 0.3) is 11.0 Å². The van der Waals surface area contributed by atoms with Crippen LogP contribution in [-0.2, 0) is 13.0 Å². The first-order valence-corrected chi connectivity index (χ1v) is 10.3. The molecule has 5 nitrogen and oxygen atoms in total. The molecule has 29 heavy (non-hydrogen) atoms. The normalized spacial score (nSPS) is 15.2. The Labute approximate surface area is 174 Å². The van der Waals surface area contributed by atoms with Gasteiger partial charge in [0.25, 0.3) is 5.91 Å². The highest BCUT2D eigenvalue weighted by atomic mass is 35.5. The molecule has 2 aromatic heterocycles. The molecule has 0 N–H and O–H groups in total. The van der Waals surface area contributed by atoms with E-state index in [1.807, 2.05) is 17.2 Å². The monoisotopic (exact) mass is 414 g/mol. The molecule has 1 aliphatic rings. The van der Waals surface area contributed by atoms with Crippen LogP contribution >= 0.6 is 11.6 Å². The minimum absolute atomic E-state index is 0.0183. The van der Waals surface area contributed by atoms with Crippen molar-refractivity contribution in [3.8, 4) is 0 Å². The van der Waals surface area contributed by atoms with Gasteiger partial charge in [-0.2, -0.15) is 0 Å². The van der Waals surface area contributed by atoms with Gasteiger partial charge in [-0.25, -0.2) is 9.37 Å². The average Bonchev–Trinajstić information content (AvgIpc) is 3.12. The molecule has 1 fully saturated rings. The standard InChI is InChI=1S/C22H24ClFN4O/c1-2-27-15-17(18-4-3-8-25-21(18)27)7-9-26-10-12-28(13-11-26)22(29)16-5-6-20(24)19(23)14-16/h3-6,8,14-15H,2,7,9-13H2,1H3. The third-order valence-corrected chi connectivity index (χ3v) is 5.87. The average molecular weight is 415 g/mol. The summed E-state index contributed by atoms with van der Waals surface area (Å²) < 4.78 is 15.5.